The molecule has 0 aromatic heterocycles. The van der Waals surface area contributed by atoms with Crippen LogP contribution in [-0.4, -0.2) is 18.4 Å². The molecule has 2 fully saturated rings. The Balaban J connectivity index is 0.000000895. The Bertz CT molecular complexity index is 782. The van der Waals surface area contributed by atoms with Gasteiger partial charge in [0, 0.05) is 19.0 Å². The van der Waals surface area contributed by atoms with Crippen LogP contribution < -0.4 is 10.0 Å². The van der Waals surface area contributed by atoms with Crippen molar-refractivity contribution in [1.82, 2.24) is 0 Å². The fourth-order valence-corrected chi connectivity index (χ4v) is 10.1. The van der Waals surface area contributed by atoms with E-state index in [4.69, 9.17) is 4.74 Å². The van der Waals surface area contributed by atoms with Gasteiger partial charge in [-0.3, -0.25) is 0 Å². The zero-order chi connectivity index (χ0) is 24.1. The first kappa shape index (κ1) is 31.7. The van der Waals surface area contributed by atoms with Gasteiger partial charge in [-0.2, -0.15) is 0 Å². The van der Waals surface area contributed by atoms with E-state index < -0.39 is 7.92 Å². The van der Waals surface area contributed by atoms with Crippen molar-refractivity contribution < 1.29 is 22.9 Å². The van der Waals surface area contributed by atoms with Crippen molar-refractivity contribution >= 4 is 22.8 Å². The van der Waals surface area contributed by atoms with Gasteiger partial charge in [0.15, 0.2) is 0 Å². The molecule has 0 radical (unpaired) electrons. The second-order valence-electron chi connectivity index (χ2n) is 9.53. The van der Waals surface area contributed by atoms with E-state index >= 15 is 0 Å². The number of rotatable bonds is 5. The zero-order valence-electron chi connectivity index (χ0n) is 22.1. The van der Waals surface area contributed by atoms with Crippen LogP contribution in [0.3, 0.4) is 0 Å². The van der Waals surface area contributed by atoms with Gasteiger partial charge in [0.1, 0.15) is 5.75 Å². The Kier molecular flexibility index (Phi) is 16.7. The van der Waals surface area contributed by atoms with Crippen molar-refractivity contribution in [1.29, 1.82) is 0 Å². The van der Waals surface area contributed by atoms with Crippen LogP contribution in [0.1, 0.15) is 90.0 Å². The first-order valence-electron chi connectivity index (χ1n) is 12.9. The summed E-state index contributed by atoms with van der Waals surface area (Å²) in [5, 5.41) is 1.69. The van der Waals surface area contributed by atoms with E-state index in [9.17, 15) is 0 Å². The van der Waals surface area contributed by atoms with Crippen LogP contribution in [0.5, 0.6) is 5.75 Å². The van der Waals surface area contributed by atoms with Crippen molar-refractivity contribution in [3.8, 4) is 16.9 Å². The Hall–Kier alpha value is -0.378. The number of aryl methyl sites for hydroxylation is 1. The molecule has 0 heterocycles. The molecule has 1 nitrogen and oxygen atoms in total. The maximum absolute atomic E-state index is 5.82. The van der Waals surface area contributed by atoms with Crippen molar-refractivity contribution in [3.05, 3.63) is 55.5 Å². The van der Waals surface area contributed by atoms with Gasteiger partial charge in [-0.05, 0) is 76.0 Å². The van der Waals surface area contributed by atoms with Crippen LogP contribution in [0, 0.1) is 14.4 Å². The molecule has 2 saturated carbocycles. The zero-order valence-corrected chi connectivity index (χ0v) is 25.4. The van der Waals surface area contributed by atoms with Gasteiger partial charge >= 0.3 is 27.7 Å². The quantitative estimate of drug-likeness (QED) is 0.190. The summed E-state index contributed by atoms with van der Waals surface area (Å²) in [6, 6.07) is 15.9. The van der Waals surface area contributed by atoms with Gasteiger partial charge in [0.2, 0.25) is 0 Å². The predicted octanol–water partition coefficient (Wildman–Crippen LogP) is 9.73. The molecule has 4 rings (SSSR count). The SMILES string of the molecule is CCC.COc1cccc(C)c1-c1ccccc1[PH+](C1CCCCC1)C1CCCCC1.[CH3-].[Cl][Pd+]. The number of hydrogen-bond acceptors (Lipinski definition) is 1. The summed E-state index contributed by atoms with van der Waals surface area (Å²) < 4.78 is 5.82. The van der Waals surface area contributed by atoms with Gasteiger partial charge in [-0.25, -0.2) is 0 Å². The molecule has 0 bridgehead atoms. The molecular weight excluding hydrogens is 549 g/mol. The molecule has 34 heavy (non-hydrogen) atoms. The monoisotopic (exact) mass is 595 g/mol. The molecular formula is C30H47ClOPPd+. The van der Waals surface area contributed by atoms with Crippen molar-refractivity contribution in [2.75, 3.05) is 7.11 Å². The summed E-state index contributed by atoms with van der Waals surface area (Å²) in [6.45, 7) is 6.49. The summed E-state index contributed by atoms with van der Waals surface area (Å²) in [4.78, 5) is 0. The molecule has 0 N–H and O–H groups in total. The van der Waals surface area contributed by atoms with Gasteiger partial charge in [0.25, 0.3) is 0 Å². The van der Waals surface area contributed by atoms with E-state index in [0.29, 0.717) is 0 Å². The van der Waals surface area contributed by atoms with E-state index in [2.05, 4.69) is 90.9 Å². The van der Waals surface area contributed by atoms with Gasteiger partial charge in [-0.1, -0.05) is 63.4 Å². The molecule has 2 aliphatic carbocycles. The average Bonchev–Trinajstić information content (AvgIpc) is 2.87. The topological polar surface area (TPSA) is 9.23 Å². The summed E-state index contributed by atoms with van der Waals surface area (Å²) >= 11 is 2.22. The van der Waals surface area contributed by atoms with Crippen molar-refractivity contribution in [2.24, 2.45) is 0 Å². The van der Waals surface area contributed by atoms with Gasteiger partial charge in [-0.15, -0.1) is 0 Å². The van der Waals surface area contributed by atoms with E-state index in [1.165, 1.54) is 87.3 Å². The minimum absolute atomic E-state index is 0. The third-order valence-corrected chi connectivity index (χ3v) is 11.0. The molecule has 2 aromatic carbocycles. The predicted molar refractivity (Wildman–Crippen MR) is 153 cm³/mol. The van der Waals surface area contributed by atoms with E-state index in [-0.39, 0.29) is 7.43 Å². The summed E-state index contributed by atoms with van der Waals surface area (Å²) in [5.41, 5.74) is 6.04. The third-order valence-electron chi connectivity index (χ3n) is 7.05. The molecule has 4 heteroatoms. The normalized spacial score (nSPS) is 16.5. The van der Waals surface area contributed by atoms with Crippen LogP contribution in [0.2, 0.25) is 0 Å². The van der Waals surface area contributed by atoms with E-state index in [1.807, 2.05) is 7.11 Å². The van der Waals surface area contributed by atoms with Gasteiger partial charge < -0.3 is 12.2 Å². The molecule has 0 saturated heterocycles. The molecule has 2 aromatic rings. The Labute approximate surface area is 226 Å². The van der Waals surface area contributed by atoms with Crippen LogP contribution in [0.15, 0.2) is 42.5 Å². The number of methoxy groups -OCH3 is 1. The average molecular weight is 597 g/mol. The van der Waals surface area contributed by atoms with Crippen LogP contribution in [-0.2, 0) is 18.2 Å². The molecule has 0 atom stereocenters. The standard InChI is InChI=1S/C26H35OP.C3H8.CH3.ClH.Pd/c1-20-12-11-18-24(27-2)26(20)23-17-9-10-19-25(23)28(21-13-5-3-6-14-21)22-15-7-4-8-16-22;1-3-2;;;/h9-12,17-19,21-22H,3-8,13-16H2,1-2H3;3H2,1-2H3;1H3;1H;/q;;-1;;+2. The molecule has 0 amide bonds. The van der Waals surface area contributed by atoms with E-state index in [0.717, 1.165) is 17.1 Å². The van der Waals surface area contributed by atoms with Crippen molar-refractivity contribution in [2.45, 2.75) is 103 Å². The fraction of sp³-hybridized carbons (Fsp3) is 0.567. The van der Waals surface area contributed by atoms with Crippen LogP contribution >= 0.6 is 17.5 Å². The second kappa shape index (κ2) is 18.0. The van der Waals surface area contributed by atoms with Gasteiger partial charge in [0.05, 0.1) is 23.7 Å². The maximum atomic E-state index is 5.82. The first-order chi connectivity index (χ1) is 16.2. The number of hydrogen-bond donors (Lipinski definition) is 0. The Morgan fingerprint density at radius 3 is 1.82 bits per heavy atom. The molecule has 0 aliphatic heterocycles. The molecule has 2 aliphatic rings. The summed E-state index contributed by atoms with van der Waals surface area (Å²) in [5.74, 6) is 1.03. The number of ether oxygens (including phenoxy) is 1. The Morgan fingerprint density at radius 1 is 0.824 bits per heavy atom. The second-order valence-corrected chi connectivity index (χ2v) is 12.6. The van der Waals surface area contributed by atoms with E-state index in [1.54, 1.807) is 5.30 Å². The molecule has 0 spiro atoms. The summed E-state index contributed by atoms with van der Waals surface area (Å²) in [7, 11) is 5.71. The third kappa shape index (κ3) is 8.63. The minimum atomic E-state index is -0.597. The summed E-state index contributed by atoms with van der Waals surface area (Å²) in [6.07, 6.45) is 15.8. The van der Waals surface area contributed by atoms with Crippen molar-refractivity contribution in [3.63, 3.8) is 0 Å². The number of halogens is 1. The molecule has 0 unspecified atom stereocenters. The fourth-order valence-electron chi connectivity index (χ4n) is 5.71. The van der Waals surface area contributed by atoms with Crippen LogP contribution in [0.25, 0.3) is 11.1 Å². The number of benzene rings is 2. The first-order valence-corrected chi connectivity index (χ1v) is 16.6. The Morgan fingerprint density at radius 2 is 1.32 bits per heavy atom. The molecule has 194 valence electrons. The van der Waals surface area contributed by atoms with Crippen LogP contribution in [0.4, 0.5) is 0 Å².